The number of nitrogen functional groups attached to an aromatic ring is 1. The summed E-state index contributed by atoms with van der Waals surface area (Å²) in [4.78, 5) is 20.0. The van der Waals surface area contributed by atoms with Gasteiger partial charge in [0.05, 0.1) is 9.88 Å². The Labute approximate surface area is 162 Å². The van der Waals surface area contributed by atoms with Gasteiger partial charge in [0.15, 0.2) is 5.78 Å². The number of hydrogen-bond donors (Lipinski definition) is 2. The summed E-state index contributed by atoms with van der Waals surface area (Å²) in [7, 11) is 0. The highest BCUT2D eigenvalue weighted by molar-refractivity contribution is 7.18. The van der Waals surface area contributed by atoms with Gasteiger partial charge in [-0.1, -0.05) is 6.07 Å². The van der Waals surface area contributed by atoms with Gasteiger partial charge in [0, 0.05) is 50.7 Å². The number of rotatable bonds is 5. The molecule has 1 saturated heterocycles. The number of ketones is 1. The van der Waals surface area contributed by atoms with E-state index in [-0.39, 0.29) is 5.78 Å². The third kappa shape index (κ3) is 4.02. The molecule has 2 aromatic heterocycles. The molecule has 1 fully saturated rings. The minimum atomic E-state index is 0.111. The molecule has 0 unspecified atom stereocenters. The summed E-state index contributed by atoms with van der Waals surface area (Å²) >= 11 is 1.57. The van der Waals surface area contributed by atoms with Crippen molar-refractivity contribution in [1.29, 1.82) is 0 Å². The molecule has 1 aliphatic rings. The summed E-state index contributed by atoms with van der Waals surface area (Å²) in [5, 5.41) is 4.52. The van der Waals surface area contributed by atoms with E-state index in [1.165, 1.54) is 5.00 Å². The zero-order valence-corrected chi connectivity index (χ0v) is 15.8. The van der Waals surface area contributed by atoms with Gasteiger partial charge in [-0.15, -0.1) is 11.3 Å². The molecule has 6 heteroatoms. The Bertz CT molecular complexity index is 932. The molecule has 0 bridgehead atoms. The van der Waals surface area contributed by atoms with Gasteiger partial charge in [-0.05, 0) is 53.1 Å². The molecular formula is C21H22N4OS. The van der Waals surface area contributed by atoms with Crippen molar-refractivity contribution in [1.82, 2.24) is 10.3 Å². The van der Waals surface area contributed by atoms with Crippen molar-refractivity contribution in [3.63, 3.8) is 0 Å². The maximum Gasteiger partial charge on any atom is 0.177 e. The number of benzene rings is 1. The summed E-state index contributed by atoms with van der Waals surface area (Å²) in [6, 6.07) is 13.8. The van der Waals surface area contributed by atoms with E-state index >= 15 is 0 Å². The van der Waals surface area contributed by atoms with Crippen LogP contribution < -0.4 is 16.0 Å². The molecule has 0 atom stereocenters. The zero-order chi connectivity index (χ0) is 18.6. The fourth-order valence-electron chi connectivity index (χ4n) is 3.28. The second kappa shape index (κ2) is 7.90. The number of carbonyl (C=O) groups is 1. The molecule has 3 N–H and O–H groups in total. The topological polar surface area (TPSA) is 71.2 Å². The first kappa shape index (κ1) is 17.7. The monoisotopic (exact) mass is 378 g/mol. The third-order valence-corrected chi connectivity index (χ3v) is 5.99. The number of nitrogens with zero attached hydrogens (tertiary/aromatic N) is 2. The number of carbonyl (C=O) groups excluding carboxylic acids is 1. The van der Waals surface area contributed by atoms with E-state index in [4.69, 9.17) is 5.73 Å². The number of nitrogens with two attached hydrogens (primary N) is 1. The second-order valence-corrected chi connectivity index (χ2v) is 7.69. The number of Topliss-reactive ketones (excluding diaryl/α,β-unsaturated/α-hetero) is 1. The Morgan fingerprint density at radius 3 is 2.63 bits per heavy atom. The van der Waals surface area contributed by atoms with Crippen LogP contribution >= 0.6 is 11.3 Å². The largest absolute Gasteiger partial charge is 0.398 e. The molecule has 138 valence electrons. The molecule has 4 rings (SSSR count). The first-order valence-electron chi connectivity index (χ1n) is 9.08. The Morgan fingerprint density at radius 2 is 1.85 bits per heavy atom. The molecule has 0 aliphatic carbocycles. The lowest BCUT2D eigenvalue weighted by molar-refractivity contribution is 0.0997. The lowest BCUT2D eigenvalue weighted by Gasteiger charge is -2.27. The molecule has 3 heterocycles. The van der Waals surface area contributed by atoms with Gasteiger partial charge < -0.3 is 16.0 Å². The van der Waals surface area contributed by atoms with E-state index in [0.29, 0.717) is 12.1 Å². The van der Waals surface area contributed by atoms with Gasteiger partial charge in [0.25, 0.3) is 0 Å². The van der Waals surface area contributed by atoms with Crippen molar-refractivity contribution >= 4 is 27.8 Å². The van der Waals surface area contributed by atoms with Gasteiger partial charge in [0.2, 0.25) is 0 Å². The smallest absolute Gasteiger partial charge is 0.177 e. The molecular weight excluding hydrogens is 356 g/mol. The van der Waals surface area contributed by atoms with Gasteiger partial charge in [0.1, 0.15) is 0 Å². The van der Waals surface area contributed by atoms with Gasteiger partial charge in [-0.2, -0.15) is 0 Å². The molecule has 0 spiro atoms. The number of thiophene rings is 1. The number of pyridine rings is 1. The van der Waals surface area contributed by atoms with E-state index in [2.05, 4.69) is 21.3 Å². The average Bonchev–Trinajstić information content (AvgIpc) is 3.21. The van der Waals surface area contributed by atoms with Crippen molar-refractivity contribution in [3.05, 3.63) is 65.3 Å². The van der Waals surface area contributed by atoms with Gasteiger partial charge >= 0.3 is 0 Å². The first-order valence-corrected chi connectivity index (χ1v) is 9.90. The van der Waals surface area contributed by atoms with Crippen molar-refractivity contribution in [2.45, 2.75) is 6.42 Å². The van der Waals surface area contributed by atoms with Gasteiger partial charge in [-0.3, -0.25) is 9.78 Å². The molecule has 1 aromatic carbocycles. The fourth-order valence-corrected chi connectivity index (χ4v) is 4.27. The quantitative estimate of drug-likeness (QED) is 0.527. The van der Waals surface area contributed by atoms with Crippen LogP contribution in [0.4, 0.5) is 10.7 Å². The minimum absolute atomic E-state index is 0.111. The average molecular weight is 379 g/mol. The number of anilines is 2. The van der Waals surface area contributed by atoms with E-state index in [1.807, 2.05) is 36.4 Å². The minimum Gasteiger partial charge on any atom is -0.398 e. The maximum absolute atomic E-state index is 12.8. The number of aromatic nitrogens is 1. The summed E-state index contributed by atoms with van der Waals surface area (Å²) in [5.41, 5.74) is 9.77. The maximum atomic E-state index is 12.8. The SMILES string of the molecule is Nc1ccc(-c2ccncc2)cc1CC(=O)c1ccc(N2CCNCC2)s1. The van der Waals surface area contributed by atoms with Crippen LogP contribution in [-0.4, -0.2) is 36.9 Å². The number of hydrogen-bond acceptors (Lipinski definition) is 6. The molecule has 27 heavy (non-hydrogen) atoms. The normalized spacial score (nSPS) is 14.3. The van der Waals surface area contributed by atoms with Crippen LogP contribution in [0.25, 0.3) is 11.1 Å². The van der Waals surface area contributed by atoms with Crippen LogP contribution in [0, 0.1) is 0 Å². The first-order chi connectivity index (χ1) is 13.2. The van der Waals surface area contributed by atoms with Crippen LogP contribution in [0.5, 0.6) is 0 Å². The summed E-state index contributed by atoms with van der Waals surface area (Å²) in [5.74, 6) is 0.111. The molecule has 0 amide bonds. The van der Waals surface area contributed by atoms with E-state index < -0.39 is 0 Å². The number of nitrogens with one attached hydrogen (secondary N) is 1. The lowest BCUT2D eigenvalue weighted by Crippen LogP contribution is -2.43. The molecule has 0 saturated carbocycles. The van der Waals surface area contributed by atoms with E-state index in [9.17, 15) is 4.79 Å². The zero-order valence-electron chi connectivity index (χ0n) is 15.0. The van der Waals surface area contributed by atoms with Crippen LogP contribution in [0.2, 0.25) is 0 Å². The van der Waals surface area contributed by atoms with Crippen LogP contribution in [-0.2, 0) is 6.42 Å². The lowest BCUT2D eigenvalue weighted by atomic mass is 9.99. The summed E-state index contributed by atoms with van der Waals surface area (Å²) in [6.07, 6.45) is 3.84. The molecule has 5 nitrogen and oxygen atoms in total. The third-order valence-electron chi connectivity index (χ3n) is 4.80. The Balaban J connectivity index is 1.52. The predicted molar refractivity (Wildman–Crippen MR) is 112 cm³/mol. The van der Waals surface area contributed by atoms with E-state index in [1.54, 1.807) is 23.7 Å². The van der Waals surface area contributed by atoms with Crippen molar-refractivity contribution < 1.29 is 4.79 Å². The van der Waals surface area contributed by atoms with Crippen molar-refractivity contribution in [3.8, 4) is 11.1 Å². The second-order valence-electron chi connectivity index (χ2n) is 6.62. The Morgan fingerprint density at radius 1 is 1.07 bits per heavy atom. The van der Waals surface area contributed by atoms with Gasteiger partial charge in [-0.25, -0.2) is 0 Å². The summed E-state index contributed by atoms with van der Waals surface area (Å²) in [6.45, 7) is 3.93. The van der Waals surface area contributed by atoms with E-state index in [0.717, 1.165) is 47.7 Å². The Hall–Kier alpha value is -2.70. The molecule has 0 radical (unpaired) electrons. The van der Waals surface area contributed by atoms with Crippen LogP contribution in [0.15, 0.2) is 54.9 Å². The molecule has 3 aromatic rings. The predicted octanol–water partition coefficient (Wildman–Crippen LogP) is 3.23. The van der Waals surface area contributed by atoms with Crippen molar-refractivity contribution in [2.24, 2.45) is 0 Å². The number of piperazine rings is 1. The van der Waals surface area contributed by atoms with Crippen molar-refractivity contribution in [2.75, 3.05) is 36.8 Å². The highest BCUT2D eigenvalue weighted by Crippen LogP contribution is 2.29. The fraction of sp³-hybridized carbons (Fsp3) is 0.238. The highest BCUT2D eigenvalue weighted by atomic mass is 32.1. The van der Waals surface area contributed by atoms with Crippen LogP contribution in [0.3, 0.4) is 0 Å². The standard InChI is InChI=1S/C21H22N4OS/c22-18-2-1-16(15-5-7-23-8-6-15)13-17(18)14-19(26)20-3-4-21(27-20)25-11-9-24-10-12-25/h1-8,13,24H,9-12,14,22H2. The van der Waals surface area contributed by atoms with Crippen LogP contribution in [0.1, 0.15) is 15.2 Å². The Kier molecular flexibility index (Phi) is 5.18. The highest BCUT2D eigenvalue weighted by Gasteiger charge is 2.17. The molecule has 1 aliphatic heterocycles. The summed E-state index contributed by atoms with van der Waals surface area (Å²) < 4.78 is 0.